The standard InChI is InChI=1S/C26H43NO2/c1-25(29)14-12-19-17(16-25)8-9-21-20(19)13-15-26(2)22(21)10-11-23(26)24(28)27-18-6-4-3-5-7-18/h17-23,29H,3-16H2,1-2H3,(H,27,28)/t17-,19+,20-,21-,22+,23-,25-,26+/m1/s1. The van der Waals surface area contributed by atoms with Gasteiger partial charge < -0.3 is 10.4 Å². The van der Waals surface area contributed by atoms with Crippen LogP contribution in [0.3, 0.4) is 0 Å². The van der Waals surface area contributed by atoms with E-state index in [0.717, 1.165) is 48.9 Å². The highest BCUT2D eigenvalue weighted by Crippen LogP contribution is 2.64. The van der Waals surface area contributed by atoms with E-state index in [9.17, 15) is 9.90 Å². The van der Waals surface area contributed by atoms with Crippen LogP contribution in [0.25, 0.3) is 0 Å². The van der Waals surface area contributed by atoms with Gasteiger partial charge >= 0.3 is 0 Å². The first-order chi connectivity index (χ1) is 13.9. The highest BCUT2D eigenvalue weighted by atomic mass is 16.3. The van der Waals surface area contributed by atoms with E-state index in [0.29, 0.717) is 11.9 Å². The van der Waals surface area contributed by atoms with Crippen molar-refractivity contribution in [1.29, 1.82) is 0 Å². The van der Waals surface area contributed by atoms with Crippen LogP contribution in [0.5, 0.6) is 0 Å². The number of fused-ring (bicyclic) bond motifs is 5. The largest absolute Gasteiger partial charge is 0.390 e. The Balaban J connectivity index is 1.28. The van der Waals surface area contributed by atoms with Gasteiger partial charge in [-0.25, -0.2) is 0 Å². The third-order valence-electron chi connectivity index (χ3n) is 10.5. The van der Waals surface area contributed by atoms with Crippen molar-refractivity contribution in [3.8, 4) is 0 Å². The molecule has 0 heterocycles. The molecule has 0 aromatic heterocycles. The molecule has 5 aliphatic rings. The Kier molecular flexibility index (Phi) is 5.28. The normalized spacial score (nSPS) is 50.3. The Morgan fingerprint density at radius 3 is 2.38 bits per heavy atom. The summed E-state index contributed by atoms with van der Waals surface area (Å²) in [6, 6.07) is 0.445. The maximum Gasteiger partial charge on any atom is 0.223 e. The number of carbonyl (C=O) groups excluding carboxylic acids is 1. The molecule has 1 amide bonds. The first-order valence-corrected chi connectivity index (χ1v) is 12.9. The fourth-order valence-corrected chi connectivity index (χ4v) is 9.06. The van der Waals surface area contributed by atoms with E-state index in [4.69, 9.17) is 0 Å². The third kappa shape index (κ3) is 3.58. The summed E-state index contributed by atoms with van der Waals surface area (Å²) in [7, 11) is 0. The topological polar surface area (TPSA) is 49.3 Å². The molecular weight excluding hydrogens is 358 g/mol. The summed E-state index contributed by atoms with van der Waals surface area (Å²) in [6.45, 7) is 4.53. The van der Waals surface area contributed by atoms with Crippen LogP contribution in [-0.4, -0.2) is 22.7 Å². The van der Waals surface area contributed by atoms with E-state index < -0.39 is 5.60 Å². The molecule has 0 aromatic rings. The van der Waals surface area contributed by atoms with E-state index in [-0.39, 0.29) is 11.3 Å². The van der Waals surface area contributed by atoms with Crippen molar-refractivity contribution in [2.75, 3.05) is 0 Å². The van der Waals surface area contributed by atoms with Gasteiger partial charge in [0.1, 0.15) is 0 Å². The summed E-state index contributed by atoms with van der Waals surface area (Å²) in [6.07, 6.45) is 17.2. The van der Waals surface area contributed by atoms with Gasteiger partial charge in [0.05, 0.1) is 5.60 Å². The van der Waals surface area contributed by atoms with Crippen LogP contribution in [0, 0.1) is 40.9 Å². The second kappa shape index (κ2) is 7.53. The Bertz CT molecular complexity index is 624. The number of hydrogen-bond acceptors (Lipinski definition) is 2. The van der Waals surface area contributed by atoms with Gasteiger partial charge in [-0.3, -0.25) is 4.79 Å². The summed E-state index contributed by atoms with van der Waals surface area (Å²) in [4.78, 5) is 13.3. The molecule has 0 radical (unpaired) electrons. The molecule has 0 saturated heterocycles. The lowest BCUT2D eigenvalue weighted by Gasteiger charge is -2.56. The van der Waals surface area contributed by atoms with Crippen molar-refractivity contribution in [2.24, 2.45) is 40.9 Å². The Morgan fingerprint density at radius 2 is 1.59 bits per heavy atom. The number of hydrogen-bond donors (Lipinski definition) is 2. The molecule has 29 heavy (non-hydrogen) atoms. The molecule has 0 aromatic carbocycles. The van der Waals surface area contributed by atoms with Crippen LogP contribution in [0.2, 0.25) is 0 Å². The molecule has 0 unspecified atom stereocenters. The predicted molar refractivity (Wildman–Crippen MR) is 116 cm³/mol. The lowest BCUT2D eigenvalue weighted by atomic mass is 9.49. The van der Waals surface area contributed by atoms with E-state index in [1.165, 1.54) is 70.6 Å². The lowest BCUT2D eigenvalue weighted by molar-refractivity contribution is -0.135. The fraction of sp³-hybridized carbons (Fsp3) is 0.962. The second-order valence-electron chi connectivity index (χ2n) is 12.2. The van der Waals surface area contributed by atoms with Crippen molar-refractivity contribution in [3.63, 3.8) is 0 Å². The van der Waals surface area contributed by atoms with Crippen LogP contribution < -0.4 is 5.32 Å². The molecule has 0 aliphatic heterocycles. The van der Waals surface area contributed by atoms with Gasteiger partial charge in [-0.1, -0.05) is 26.2 Å². The van der Waals surface area contributed by atoms with E-state index in [2.05, 4.69) is 19.2 Å². The predicted octanol–water partition coefficient (Wildman–Crippen LogP) is 5.46. The number of nitrogens with one attached hydrogen (secondary N) is 1. The Morgan fingerprint density at radius 1 is 0.828 bits per heavy atom. The molecule has 3 heteroatoms. The van der Waals surface area contributed by atoms with Gasteiger partial charge in [0.2, 0.25) is 5.91 Å². The van der Waals surface area contributed by atoms with E-state index in [1.54, 1.807) is 0 Å². The summed E-state index contributed by atoms with van der Waals surface area (Å²) >= 11 is 0. The van der Waals surface area contributed by atoms with E-state index in [1.807, 2.05) is 0 Å². The Hall–Kier alpha value is -0.570. The molecule has 0 spiro atoms. The number of carbonyl (C=O) groups is 1. The molecule has 5 fully saturated rings. The summed E-state index contributed by atoms with van der Waals surface area (Å²) in [5, 5.41) is 14.1. The summed E-state index contributed by atoms with van der Waals surface area (Å²) < 4.78 is 0. The number of amides is 1. The first kappa shape index (κ1) is 20.3. The first-order valence-electron chi connectivity index (χ1n) is 12.9. The quantitative estimate of drug-likeness (QED) is 0.646. The van der Waals surface area contributed by atoms with Crippen molar-refractivity contribution >= 4 is 5.91 Å². The highest BCUT2D eigenvalue weighted by Gasteiger charge is 2.59. The minimum atomic E-state index is -0.424. The fourth-order valence-electron chi connectivity index (χ4n) is 9.06. The van der Waals surface area contributed by atoms with Gasteiger partial charge in [0.25, 0.3) is 0 Å². The van der Waals surface area contributed by atoms with Crippen LogP contribution in [0.4, 0.5) is 0 Å². The van der Waals surface area contributed by atoms with Gasteiger partial charge in [-0.15, -0.1) is 0 Å². The average Bonchev–Trinajstić information content (AvgIpc) is 3.05. The highest BCUT2D eigenvalue weighted by molar-refractivity contribution is 5.80. The monoisotopic (exact) mass is 401 g/mol. The molecule has 5 aliphatic carbocycles. The van der Waals surface area contributed by atoms with Crippen LogP contribution >= 0.6 is 0 Å². The maximum atomic E-state index is 13.3. The van der Waals surface area contributed by atoms with Crippen LogP contribution in [-0.2, 0) is 4.79 Å². The maximum absolute atomic E-state index is 13.3. The van der Waals surface area contributed by atoms with Gasteiger partial charge in [-0.05, 0) is 113 Å². The van der Waals surface area contributed by atoms with Gasteiger partial charge in [-0.2, -0.15) is 0 Å². The lowest BCUT2D eigenvalue weighted by Crippen LogP contribution is -2.52. The second-order valence-corrected chi connectivity index (χ2v) is 12.2. The molecule has 3 nitrogen and oxygen atoms in total. The molecule has 0 bridgehead atoms. The smallest absolute Gasteiger partial charge is 0.223 e. The molecule has 2 N–H and O–H groups in total. The minimum absolute atomic E-state index is 0.229. The van der Waals surface area contributed by atoms with Gasteiger partial charge in [0, 0.05) is 12.0 Å². The van der Waals surface area contributed by atoms with Crippen LogP contribution in [0.15, 0.2) is 0 Å². The SMILES string of the molecule is C[C@@]1(O)CC[C@H]2[C@H](CC[C@@H]3[C@@H]2CC[C@]2(C)[C@@H](C(=O)NC4CCCCC4)CC[C@@H]32)C1. The zero-order valence-corrected chi connectivity index (χ0v) is 18.8. The number of aliphatic hydroxyl groups is 1. The van der Waals surface area contributed by atoms with Crippen molar-refractivity contribution < 1.29 is 9.90 Å². The van der Waals surface area contributed by atoms with E-state index >= 15 is 0 Å². The minimum Gasteiger partial charge on any atom is -0.390 e. The summed E-state index contributed by atoms with van der Waals surface area (Å²) in [5.74, 6) is 4.69. The molecule has 5 rings (SSSR count). The molecule has 8 atom stereocenters. The van der Waals surface area contributed by atoms with Crippen molar-refractivity contribution in [1.82, 2.24) is 5.32 Å². The van der Waals surface area contributed by atoms with Crippen molar-refractivity contribution in [2.45, 2.75) is 115 Å². The van der Waals surface area contributed by atoms with Gasteiger partial charge in [0.15, 0.2) is 0 Å². The Labute approximate surface area is 177 Å². The zero-order chi connectivity index (χ0) is 20.2. The van der Waals surface area contributed by atoms with Crippen LogP contribution in [0.1, 0.15) is 104 Å². The van der Waals surface area contributed by atoms with Crippen molar-refractivity contribution in [3.05, 3.63) is 0 Å². The number of rotatable bonds is 2. The summed E-state index contributed by atoms with van der Waals surface area (Å²) in [5.41, 5.74) is -0.195. The third-order valence-corrected chi connectivity index (χ3v) is 10.5. The zero-order valence-electron chi connectivity index (χ0n) is 18.8. The molecular formula is C26H43NO2. The molecule has 5 saturated carbocycles. The molecule has 164 valence electrons. The average molecular weight is 402 g/mol.